The smallest absolute Gasteiger partial charge is 0.233 e. The van der Waals surface area contributed by atoms with Crippen molar-refractivity contribution in [3.05, 3.63) is 39.6 Å². The minimum absolute atomic E-state index is 0.401. The van der Waals surface area contributed by atoms with Crippen molar-refractivity contribution < 1.29 is 9.13 Å². The van der Waals surface area contributed by atoms with Crippen molar-refractivity contribution in [3.63, 3.8) is 0 Å². The maximum Gasteiger partial charge on any atom is 0.233 e. The third kappa shape index (κ3) is 3.38. The quantitative estimate of drug-likeness (QED) is 0.588. The van der Waals surface area contributed by atoms with Crippen LogP contribution in [0.5, 0.6) is 5.88 Å². The monoisotopic (exact) mass is 378 g/mol. The van der Waals surface area contributed by atoms with E-state index in [1.54, 1.807) is 10.7 Å². The normalized spacial score (nSPS) is 10.6. The molecule has 0 aliphatic rings. The van der Waals surface area contributed by atoms with Gasteiger partial charge in [0.15, 0.2) is 0 Å². The van der Waals surface area contributed by atoms with E-state index < -0.39 is 6.01 Å². The molecule has 0 N–H and O–H groups in total. The largest absolute Gasteiger partial charge is 0.472 e. The van der Waals surface area contributed by atoms with Gasteiger partial charge in [-0.1, -0.05) is 17.8 Å². The first kappa shape index (κ1) is 13.7. The average Bonchev–Trinajstić information content (AvgIpc) is 2.75. The van der Waals surface area contributed by atoms with Crippen LogP contribution < -0.4 is 4.74 Å². The molecule has 18 heavy (non-hydrogen) atoms. The molecule has 1 aromatic heterocycles. The Morgan fingerprint density at radius 2 is 2.28 bits per heavy atom. The number of hydrogen-bond donors (Lipinski definition) is 0. The average molecular weight is 378 g/mol. The second-order valence-corrected chi connectivity index (χ2v) is 5.70. The first-order chi connectivity index (χ1) is 8.70. The predicted octanol–water partition coefficient (Wildman–Crippen LogP) is 3.62. The Bertz CT molecular complexity index is 533. The number of nitrogens with zero attached hydrogens (tertiary/aromatic N) is 2. The van der Waals surface area contributed by atoms with Crippen LogP contribution in [-0.4, -0.2) is 15.8 Å². The standard InChI is InChI=1S/C12H12FIN2OS/c1-16-6-5-12(15-16)17-7-9-10(14)3-2-4-11(9)18-8-13/h2-6H,7-8H2,1H3. The number of aromatic nitrogens is 2. The number of benzene rings is 1. The highest BCUT2D eigenvalue weighted by molar-refractivity contribution is 14.1. The van der Waals surface area contributed by atoms with E-state index in [0.29, 0.717) is 12.5 Å². The van der Waals surface area contributed by atoms with Crippen LogP contribution in [0.2, 0.25) is 0 Å². The highest BCUT2D eigenvalue weighted by Crippen LogP contribution is 2.27. The fourth-order valence-electron chi connectivity index (χ4n) is 1.49. The van der Waals surface area contributed by atoms with Gasteiger partial charge in [0.05, 0.1) is 0 Å². The third-order valence-electron chi connectivity index (χ3n) is 2.34. The van der Waals surface area contributed by atoms with Crippen molar-refractivity contribution in [1.82, 2.24) is 9.78 Å². The van der Waals surface area contributed by atoms with Crippen LogP contribution in [0.3, 0.4) is 0 Å². The Kier molecular flexibility index (Phi) is 4.87. The number of halogens is 2. The van der Waals surface area contributed by atoms with Gasteiger partial charge in [-0.15, -0.1) is 5.10 Å². The first-order valence-corrected chi connectivity index (χ1v) is 7.35. The lowest BCUT2D eigenvalue weighted by Gasteiger charge is -2.10. The number of hydrogen-bond acceptors (Lipinski definition) is 3. The zero-order valence-corrected chi connectivity index (χ0v) is 12.7. The van der Waals surface area contributed by atoms with Crippen LogP contribution in [0.1, 0.15) is 5.56 Å². The van der Waals surface area contributed by atoms with Gasteiger partial charge in [-0.3, -0.25) is 4.68 Å². The zero-order valence-electron chi connectivity index (χ0n) is 9.77. The van der Waals surface area contributed by atoms with Crippen molar-refractivity contribution in [1.29, 1.82) is 0 Å². The third-order valence-corrected chi connectivity index (χ3v) is 4.15. The van der Waals surface area contributed by atoms with E-state index in [2.05, 4.69) is 27.7 Å². The maximum atomic E-state index is 12.5. The Morgan fingerprint density at radius 3 is 2.94 bits per heavy atom. The fraction of sp³-hybridized carbons (Fsp3) is 0.250. The summed E-state index contributed by atoms with van der Waals surface area (Å²) in [6.45, 7) is 0.401. The van der Waals surface area contributed by atoms with E-state index in [4.69, 9.17) is 4.74 Å². The molecule has 0 aliphatic carbocycles. The zero-order chi connectivity index (χ0) is 13.0. The molecule has 2 aromatic rings. The molecule has 0 amide bonds. The van der Waals surface area contributed by atoms with Gasteiger partial charge in [0, 0.05) is 33.3 Å². The molecule has 1 aromatic carbocycles. The molecule has 0 spiro atoms. The van der Waals surface area contributed by atoms with Crippen LogP contribution in [0.4, 0.5) is 4.39 Å². The minimum atomic E-state index is -0.434. The molecule has 1 heterocycles. The number of aryl methyl sites for hydroxylation is 1. The van der Waals surface area contributed by atoms with Crippen LogP contribution in [0, 0.1) is 3.57 Å². The highest BCUT2D eigenvalue weighted by atomic mass is 127. The molecule has 0 atom stereocenters. The molecule has 0 fully saturated rings. The van der Waals surface area contributed by atoms with E-state index in [1.807, 2.05) is 31.4 Å². The van der Waals surface area contributed by atoms with Crippen LogP contribution in [0.15, 0.2) is 35.4 Å². The molecule has 0 aliphatic heterocycles. The fourth-order valence-corrected chi connectivity index (χ4v) is 2.96. The summed E-state index contributed by atoms with van der Waals surface area (Å²) in [5, 5.41) is 4.14. The van der Waals surface area contributed by atoms with Crippen molar-refractivity contribution >= 4 is 34.4 Å². The summed E-state index contributed by atoms with van der Waals surface area (Å²) in [6, 6.07) is 7.18. The molecule has 96 valence electrons. The van der Waals surface area contributed by atoms with Crippen molar-refractivity contribution in [2.45, 2.75) is 11.5 Å². The molecule has 0 saturated carbocycles. The van der Waals surface area contributed by atoms with Gasteiger partial charge in [-0.25, -0.2) is 4.39 Å². The summed E-state index contributed by atoms with van der Waals surface area (Å²) in [5.41, 5.74) is 1.01. The van der Waals surface area contributed by atoms with E-state index in [-0.39, 0.29) is 0 Å². The van der Waals surface area contributed by atoms with Gasteiger partial charge in [0.2, 0.25) is 5.88 Å². The Balaban J connectivity index is 2.12. The highest BCUT2D eigenvalue weighted by Gasteiger charge is 2.09. The second kappa shape index (κ2) is 6.42. The number of rotatable bonds is 5. The van der Waals surface area contributed by atoms with E-state index >= 15 is 0 Å². The van der Waals surface area contributed by atoms with Crippen LogP contribution in [-0.2, 0) is 13.7 Å². The van der Waals surface area contributed by atoms with Gasteiger partial charge in [0.1, 0.15) is 12.6 Å². The molecule has 0 bridgehead atoms. The summed E-state index contributed by atoms with van der Waals surface area (Å²) in [7, 11) is 1.84. The summed E-state index contributed by atoms with van der Waals surface area (Å²) in [5.74, 6) is 0.577. The number of alkyl halides is 1. The molecule has 6 heteroatoms. The number of ether oxygens (including phenoxy) is 1. The molecular formula is C12H12FIN2OS. The topological polar surface area (TPSA) is 27.1 Å². The molecule has 0 radical (unpaired) electrons. The summed E-state index contributed by atoms with van der Waals surface area (Å²) in [6.07, 6.45) is 1.82. The molecule has 0 saturated heterocycles. The Hall–Kier alpha value is -0.760. The minimum Gasteiger partial charge on any atom is -0.472 e. The van der Waals surface area contributed by atoms with Crippen molar-refractivity contribution in [3.8, 4) is 5.88 Å². The summed E-state index contributed by atoms with van der Waals surface area (Å²) in [4.78, 5) is 0.917. The molecule has 0 unspecified atom stereocenters. The van der Waals surface area contributed by atoms with Gasteiger partial charge in [-0.2, -0.15) is 0 Å². The van der Waals surface area contributed by atoms with Crippen molar-refractivity contribution in [2.75, 3.05) is 6.01 Å². The Morgan fingerprint density at radius 1 is 1.44 bits per heavy atom. The molecule has 2 rings (SSSR count). The lowest BCUT2D eigenvalue weighted by molar-refractivity contribution is 0.287. The van der Waals surface area contributed by atoms with Gasteiger partial charge >= 0.3 is 0 Å². The number of thioether (sulfide) groups is 1. The predicted molar refractivity (Wildman–Crippen MR) is 78.5 cm³/mol. The molecular weight excluding hydrogens is 366 g/mol. The lowest BCUT2D eigenvalue weighted by atomic mass is 10.2. The van der Waals surface area contributed by atoms with E-state index in [9.17, 15) is 4.39 Å². The maximum absolute atomic E-state index is 12.5. The van der Waals surface area contributed by atoms with Crippen LogP contribution in [0.25, 0.3) is 0 Å². The van der Waals surface area contributed by atoms with Crippen molar-refractivity contribution in [2.24, 2.45) is 7.05 Å². The lowest BCUT2D eigenvalue weighted by Crippen LogP contribution is -2.01. The summed E-state index contributed by atoms with van der Waals surface area (Å²) < 4.78 is 20.8. The molecule has 3 nitrogen and oxygen atoms in total. The van der Waals surface area contributed by atoms with Gasteiger partial charge < -0.3 is 4.74 Å². The SMILES string of the molecule is Cn1ccc(OCc2c(I)cccc2SCF)n1. The van der Waals surface area contributed by atoms with E-state index in [1.165, 1.54) is 11.8 Å². The van der Waals surface area contributed by atoms with Crippen LogP contribution >= 0.6 is 34.4 Å². The van der Waals surface area contributed by atoms with Gasteiger partial charge in [0.25, 0.3) is 0 Å². The van der Waals surface area contributed by atoms with E-state index in [0.717, 1.165) is 14.0 Å². The summed E-state index contributed by atoms with van der Waals surface area (Å²) >= 11 is 3.41. The Labute approximate surface area is 123 Å². The second-order valence-electron chi connectivity index (χ2n) is 3.59. The first-order valence-electron chi connectivity index (χ1n) is 5.29. The van der Waals surface area contributed by atoms with Gasteiger partial charge in [-0.05, 0) is 34.7 Å².